The summed E-state index contributed by atoms with van der Waals surface area (Å²) in [5, 5.41) is 0. The highest BCUT2D eigenvalue weighted by atomic mass is 14.3. The number of hydrogen-bond acceptors (Lipinski definition) is 0. The van der Waals surface area contributed by atoms with Crippen LogP contribution in [0.25, 0.3) is 0 Å². The van der Waals surface area contributed by atoms with E-state index in [-0.39, 0.29) is 0 Å². The van der Waals surface area contributed by atoms with Crippen molar-refractivity contribution >= 4 is 0 Å². The standard InChI is InChI=1S/C24H40/c1-6-12-24(20-13-10-9-11-14-20)23-16-21(18(4)7-2)15-22(17-23)19(5)8-3/h15-20,24H,6-14H2,1-5H3. The zero-order valence-electron chi connectivity index (χ0n) is 16.9. The van der Waals surface area contributed by atoms with Crippen molar-refractivity contribution in [1.82, 2.24) is 0 Å². The summed E-state index contributed by atoms with van der Waals surface area (Å²) < 4.78 is 0. The van der Waals surface area contributed by atoms with E-state index in [1.165, 1.54) is 57.8 Å². The maximum Gasteiger partial charge on any atom is -0.0134 e. The van der Waals surface area contributed by atoms with Gasteiger partial charge in [0.1, 0.15) is 0 Å². The highest BCUT2D eigenvalue weighted by Crippen LogP contribution is 2.41. The lowest BCUT2D eigenvalue weighted by Crippen LogP contribution is -2.17. The van der Waals surface area contributed by atoms with E-state index in [1.54, 1.807) is 16.7 Å². The fraction of sp³-hybridized carbons (Fsp3) is 0.750. The van der Waals surface area contributed by atoms with Crippen molar-refractivity contribution in [3.05, 3.63) is 34.9 Å². The summed E-state index contributed by atoms with van der Waals surface area (Å²) >= 11 is 0. The molecule has 3 atom stereocenters. The molecule has 0 aromatic heterocycles. The van der Waals surface area contributed by atoms with Crippen LogP contribution in [0.1, 0.15) is 127 Å². The molecule has 0 amide bonds. The molecule has 1 fully saturated rings. The van der Waals surface area contributed by atoms with Crippen molar-refractivity contribution in [3.63, 3.8) is 0 Å². The van der Waals surface area contributed by atoms with Crippen LogP contribution in [0.15, 0.2) is 18.2 Å². The first-order chi connectivity index (χ1) is 11.6. The third kappa shape index (κ3) is 4.87. The van der Waals surface area contributed by atoms with E-state index in [2.05, 4.69) is 52.8 Å². The molecular formula is C24H40. The predicted molar refractivity (Wildman–Crippen MR) is 108 cm³/mol. The summed E-state index contributed by atoms with van der Waals surface area (Å²) in [6.07, 6.45) is 12.4. The second-order valence-electron chi connectivity index (χ2n) is 8.34. The van der Waals surface area contributed by atoms with E-state index >= 15 is 0 Å². The Bertz CT molecular complexity index is 453. The van der Waals surface area contributed by atoms with Gasteiger partial charge < -0.3 is 0 Å². The van der Waals surface area contributed by atoms with Crippen LogP contribution in [-0.2, 0) is 0 Å². The van der Waals surface area contributed by atoms with Crippen LogP contribution in [0.2, 0.25) is 0 Å². The first kappa shape index (κ1) is 19.5. The molecule has 1 aliphatic rings. The summed E-state index contributed by atoms with van der Waals surface area (Å²) in [6.45, 7) is 11.8. The van der Waals surface area contributed by atoms with Gasteiger partial charge in [-0.05, 0) is 72.5 Å². The Balaban J connectivity index is 2.39. The second kappa shape index (κ2) is 9.64. The summed E-state index contributed by atoms with van der Waals surface area (Å²) in [5.74, 6) is 3.08. The molecule has 0 spiro atoms. The predicted octanol–water partition coefficient (Wildman–Crippen LogP) is 8.18. The van der Waals surface area contributed by atoms with Crippen LogP contribution in [-0.4, -0.2) is 0 Å². The van der Waals surface area contributed by atoms with E-state index in [4.69, 9.17) is 0 Å². The van der Waals surface area contributed by atoms with Gasteiger partial charge in [-0.1, -0.05) is 78.5 Å². The molecule has 0 heteroatoms. The molecule has 3 unspecified atom stereocenters. The van der Waals surface area contributed by atoms with Gasteiger partial charge in [0.15, 0.2) is 0 Å². The number of rotatable bonds is 8. The van der Waals surface area contributed by atoms with Gasteiger partial charge in [-0.25, -0.2) is 0 Å². The van der Waals surface area contributed by atoms with Crippen molar-refractivity contribution in [2.24, 2.45) is 5.92 Å². The van der Waals surface area contributed by atoms with Crippen LogP contribution in [0.4, 0.5) is 0 Å². The highest BCUT2D eigenvalue weighted by Gasteiger charge is 2.25. The van der Waals surface area contributed by atoms with Gasteiger partial charge in [-0.15, -0.1) is 0 Å². The largest absolute Gasteiger partial charge is 0.0654 e. The van der Waals surface area contributed by atoms with Gasteiger partial charge in [0, 0.05) is 0 Å². The van der Waals surface area contributed by atoms with E-state index < -0.39 is 0 Å². The fourth-order valence-electron chi connectivity index (χ4n) is 4.48. The first-order valence-corrected chi connectivity index (χ1v) is 10.7. The molecule has 0 bridgehead atoms. The first-order valence-electron chi connectivity index (χ1n) is 10.7. The lowest BCUT2D eigenvalue weighted by atomic mass is 9.73. The third-order valence-corrected chi connectivity index (χ3v) is 6.61. The molecule has 2 rings (SSSR count). The molecule has 0 saturated heterocycles. The average molecular weight is 329 g/mol. The van der Waals surface area contributed by atoms with Gasteiger partial charge >= 0.3 is 0 Å². The smallest absolute Gasteiger partial charge is 0.0134 e. The molecular weight excluding hydrogens is 288 g/mol. The monoisotopic (exact) mass is 328 g/mol. The molecule has 136 valence electrons. The summed E-state index contributed by atoms with van der Waals surface area (Å²) in [7, 11) is 0. The Hall–Kier alpha value is -0.780. The lowest BCUT2D eigenvalue weighted by molar-refractivity contribution is 0.292. The molecule has 0 nitrogen and oxygen atoms in total. The SMILES string of the molecule is CCCC(c1cc(C(C)CC)cc(C(C)CC)c1)C1CCCCC1. The summed E-state index contributed by atoms with van der Waals surface area (Å²) in [6, 6.07) is 7.67. The average Bonchev–Trinajstić information content (AvgIpc) is 2.65. The van der Waals surface area contributed by atoms with Crippen LogP contribution in [0, 0.1) is 5.92 Å². The summed E-state index contributed by atoms with van der Waals surface area (Å²) in [4.78, 5) is 0. The summed E-state index contributed by atoms with van der Waals surface area (Å²) in [5.41, 5.74) is 4.83. The van der Waals surface area contributed by atoms with Crippen molar-refractivity contribution in [2.45, 2.75) is 110 Å². The minimum atomic E-state index is 0.682. The minimum absolute atomic E-state index is 0.682. The van der Waals surface area contributed by atoms with Gasteiger partial charge in [-0.2, -0.15) is 0 Å². The Morgan fingerprint density at radius 3 is 1.75 bits per heavy atom. The molecule has 1 aromatic carbocycles. The maximum absolute atomic E-state index is 2.58. The van der Waals surface area contributed by atoms with Gasteiger partial charge in [0.25, 0.3) is 0 Å². The van der Waals surface area contributed by atoms with Gasteiger partial charge in [0.2, 0.25) is 0 Å². The Morgan fingerprint density at radius 1 is 0.792 bits per heavy atom. The molecule has 1 saturated carbocycles. The van der Waals surface area contributed by atoms with Crippen LogP contribution >= 0.6 is 0 Å². The second-order valence-corrected chi connectivity index (χ2v) is 8.34. The van der Waals surface area contributed by atoms with Gasteiger partial charge in [0.05, 0.1) is 0 Å². The highest BCUT2D eigenvalue weighted by molar-refractivity contribution is 5.36. The van der Waals surface area contributed by atoms with E-state index in [9.17, 15) is 0 Å². The third-order valence-electron chi connectivity index (χ3n) is 6.61. The zero-order chi connectivity index (χ0) is 17.5. The fourth-order valence-corrected chi connectivity index (χ4v) is 4.48. The Morgan fingerprint density at radius 2 is 1.29 bits per heavy atom. The molecule has 0 N–H and O–H groups in total. The zero-order valence-corrected chi connectivity index (χ0v) is 16.9. The molecule has 1 aromatic rings. The van der Waals surface area contributed by atoms with Crippen molar-refractivity contribution in [2.75, 3.05) is 0 Å². The van der Waals surface area contributed by atoms with Crippen LogP contribution in [0.5, 0.6) is 0 Å². The molecule has 0 aliphatic heterocycles. The number of hydrogen-bond donors (Lipinski definition) is 0. The van der Waals surface area contributed by atoms with E-state index in [0.29, 0.717) is 11.8 Å². The molecule has 24 heavy (non-hydrogen) atoms. The Labute approximate surface area is 151 Å². The van der Waals surface area contributed by atoms with Crippen molar-refractivity contribution in [1.29, 1.82) is 0 Å². The molecule has 1 aliphatic carbocycles. The van der Waals surface area contributed by atoms with E-state index in [1.807, 2.05) is 0 Å². The van der Waals surface area contributed by atoms with Crippen molar-refractivity contribution in [3.8, 4) is 0 Å². The molecule has 0 heterocycles. The maximum atomic E-state index is 2.58. The molecule has 0 radical (unpaired) electrons. The number of benzene rings is 1. The Kier molecular flexibility index (Phi) is 7.85. The van der Waals surface area contributed by atoms with E-state index in [0.717, 1.165) is 11.8 Å². The van der Waals surface area contributed by atoms with Gasteiger partial charge in [-0.3, -0.25) is 0 Å². The quantitative estimate of drug-likeness (QED) is 0.451. The van der Waals surface area contributed by atoms with Crippen molar-refractivity contribution < 1.29 is 0 Å². The van der Waals surface area contributed by atoms with Crippen LogP contribution < -0.4 is 0 Å². The minimum Gasteiger partial charge on any atom is -0.0654 e. The lowest BCUT2D eigenvalue weighted by Gasteiger charge is -2.32. The topological polar surface area (TPSA) is 0 Å². The van der Waals surface area contributed by atoms with Crippen LogP contribution in [0.3, 0.4) is 0 Å². The normalized spacial score (nSPS) is 19.9.